The van der Waals surface area contributed by atoms with Crippen molar-refractivity contribution < 1.29 is 9.47 Å². The van der Waals surface area contributed by atoms with Gasteiger partial charge in [-0.2, -0.15) is 4.98 Å². The van der Waals surface area contributed by atoms with Crippen molar-refractivity contribution in [1.82, 2.24) is 9.97 Å². The van der Waals surface area contributed by atoms with Crippen LogP contribution in [0.15, 0.2) is 6.07 Å². The lowest BCUT2D eigenvalue weighted by Crippen LogP contribution is -2.45. The summed E-state index contributed by atoms with van der Waals surface area (Å²) in [5.74, 6) is 0.575. The number of hydrogen-bond donors (Lipinski definition) is 1. The highest BCUT2D eigenvalue weighted by molar-refractivity contribution is 5.17. The van der Waals surface area contributed by atoms with Crippen molar-refractivity contribution in [1.29, 1.82) is 0 Å². The number of nitrogens with zero attached hydrogens (tertiary/aromatic N) is 2. The third-order valence-electron chi connectivity index (χ3n) is 3.85. The molecule has 2 N–H and O–H groups in total. The van der Waals surface area contributed by atoms with Crippen LogP contribution in [0.4, 0.5) is 0 Å². The van der Waals surface area contributed by atoms with Gasteiger partial charge < -0.3 is 15.2 Å². The molecule has 1 aliphatic rings. The van der Waals surface area contributed by atoms with Gasteiger partial charge in [0, 0.05) is 11.8 Å². The Kier molecular flexibility index (Phi) is 5.79. The summed E-state index contributed by atoms with van der Waals surface area (Å²) in [5, 5.41) is 0. The highest BCUT2D eigenvalue weighted by Gasteiger charge is 2.27. The molecule has 1 aromatic rings. The maximum Gasteiger partial charge on any atom is 0.319 e. The van der Waals surface area contributed by atoms with Crippen molar-refractivity contribution in [3.63, 3.8) is 0 Å². The van der Waals surface area contributed by atoms with Gasteiger partial charge >= 0.3 is 6.01 Å². The van der Waals surface area contributed by atoms with Crippen LogP contribution < -0.4 is 15.2 Å². The summed E-state index contributed by atoms with van der Waals surface area (Å²) in [6, 6.07) is 2.20. The normalized spacial score (nSPS) is 18.0. The molecule has 118 valence electrons. The molecule has 1 saturated carbocycles. The Labute approximate surface area is 127 Å². The second-order valence-corrected chi connectivity index (χ2v) is 6.04. The highest BCUT2D eigenvalue weighted by atomic mass is 16.5. The summed E-state index contributed by atoms with van der Waals surface area (Å²) in [5.41, 5.74) is 7.05. The van der Waals surface area contributed by atoms with Crippen LogP contribution >= 0.6 is 0 Å². The largest absolute Gasteiger partial charge is 0.478 e. The predicted octanol–water partition coefficient (Wildman–Crippen LogP) is 3.00. The van der Waals surface area contributed by atoms with E-state index in [1.807, 2.05) is 13.0 Å². The summed E-state index contributed by atoms with van der Waals surface area (Å²) in [7, 11) is 0. The van der Waals surface area contributed by atoms with E-state index in [9.17, 15) is 0 Å². The Morgan fingerprint density at radius 3 is 2.52 bits per heavy atom. The highest BCUT2D eigenvalue weighted by Crippen LogP contribution is 2.25. The molecule has 5 nitrogen and oxygen atoms in total. The van der Waals surface area contributed by atoms with Crippen LogP contribution in [0.3, 0.4) is 0 Å². The lowest BCUT2D eigenvalue weighted by Gasteiger charge is -2.27. The van der Waals surface area contributed by atoms with Crippen LogP contribution in [-0.4, -0.2) is 28.7 Å². The van der Waals surface area contributed by atoms with Gasteiger partial charge in [-0.05, 0) is 26.2 Å². The van der Waals surface area contributed by atoms with Gasteiger partial charge in [-0.1, -0.05) is 32.6 Å². The fourth-order valence-electron chi connectivity index (χ4n) is 2.64. The minimum absolute atomic E-state index is 0.242. The zero-order chi connectivity index (χ0) is 15.1. The lowest BCUT2D eigenvalue weighted by molar-refractivity contribution is 0.184. The second kappa shape index (κ2) is 7.59. The van der Waals surface area contributed by atoms with E-state index in [0.29, 0.717) is 25.1 Å². The SMILES string of the molecule is CCCOc1cc(C)nc(OCC2(N)CCCCCC2)n1. The van der Waals surface area contributed by atoms with E-state index in [1.54, 1.807) is 0 Å². The molecule has 1 aliphatic carbocycles. The average Bonchev–Trinajstić information content (AvgIpc) is 2.68. The van der Waals surface area contributed by atoms with Crippen molar-refractivity contribution in [2.24, 2.45) is 5.73 Å². The molecular formula is C16H27N3O2. The first-order chi connectivity index (χ1) is 10.1. The van der Waals surface area contributed by atoms with Crippen molar-refractivity contribution >= 4 is 0 Å². The molecule has 0 amide bonds. The molecule has 0 radical (unpaired) electrons. The van der Waals surface area contributed by atoms with Crippen molar-refractivity contribution in [3.8, 4) is 11.9 Å². The fraction of sp³-hybridized carbons (Fsp3) is 0.750. The zero-order valence-electron chi connectivity index (χ0n) is 13.2. The Morgan fingerprint density at radius 1 is 1.14 bits per heavy atom. The van der Waals surface area contributed by atoms with Gasteiger partial charge in [-0.3, -0.25) is 0 Å². The van der Waals surface area contributed by atoms with Gasteiger partial charge in [0.15, 0.2) is 0 Å². The summed E-state index contributed by atoms with van der Waals surface area (Å²) in [4.78, 5) is 8.61. The van der Waals surface area contributed by atoms with Crippen LogP contribution in [0.25, 0.3) is 0 Å². The van der Waals surface area contributed by atoms with Gasteiger partial charge in [0.2, 0.25) is 5.88 Å². The molecule has 5 heteroatoms. The molecule has 0 spiro atoms. The van der Waals surface area contributed by atoms with Gasteiger partial charge in [0.05, 0.1) is 12.1 Å². The minimum Gasteiger partial charge on any atom is -0.478 e. The third kappa shape index (κ3) is 5.16. The van der Waals surface area contributed by atoms with Crippen molar-refractivity contribution in [3.05, 3.63) is 11.8 Å². The van der Waals surface area contributed by atoms with Crippen molar-refractivity contribution in [2.45, 2.75) is 64.3 Å². The van der Waals surface area contributed by atoms with Gasteiger partial charge in [-0.25, -0.2) is 4.98 Å². The van der Waals surface area contributed by atoms with Crippen LogP contribution in [0.1, 0.15) is 57.6 Å². The topological polar surface area (TPSA) is 70.3 Å². The molecule has 0 bridgehead atoms. The van der Waals surface area contributed by atoms with E-state index >= 15 is 0 Å². The first-order valence-electron chi connectivity index (χ1n) is 8.01. The molecule has 0 atom stereocenters. The quantitative estimate of drug-likeness (QED) is 0.816. The number of rotatable bonds is 6. The van der Waals surface area contributed by atoms with Crippen LogP contribution in [-0.2, 0) is 0 Å². The first-order valence-corrected chi connectivity index (χ1v) is 8.01. The van der Waals surface area contributed by atoms with E-state index in [4.69, 9.17) is 15.2 Å². The molecule has 1 heterocycles. The number of ether oxygens (including phenoxy) is 2. The number of aromatic nitrogens is 2. The average molecular weight is 293 g/mol. The molecule has 1 aromatic heterocycles. The van der Waals surface area contributed by atoms with Crippen LogP contribution in [0.2, 0.25) is 0 Å². The lowest BCUT2D eigenvalue weighted by atomic mass is 9.93. The standard InChI is InChI=1S/C16H27N3O2/c1-3-10-20-14-11-13(2)18-15(19-14)21-12-16(17)8-6-4-5-7-9-16/h11H,3-10,12,17H2,1-2H3. The molecule has 0 saturated heterocycles. The van der Waals surface area contributed by atoms with Gasteiger partial charge in [-0.15, -0.1) is 0 Å². The Morgan fingerprint density at radius 2 is 1.86 bits per heavy atom. The van der Waals surface area contributed by atoms with E-state index in [1.165, 1.54) is 25.7 Å². The summed E-state index contributed by atoms with van der Waals surface area (Å²) in [6.45, 7) is 5.10. The smallest absolute Gasteiger partial charge is 0.319 e. The number of nitrogens with two attached hydrogens (primary N) is 1. The summed E-state index contributed by atoms with van der Waals surface area (Å²) in [6.07, 6.45) is 7.88. The predicted molar refractivity (Wildman–Crippen MR) is 82.7 cm³/mol. The van der Waals surface area contributed by atoms with Gasteiger partial charge in [0.25, 0.3) is 0 Å². The summed E-state index contributed by atoms with van der Waals surface area (Å²) < 4.78 is 11.3. The van der Waals surface area contributed by atoms with Crippen LogP contribution in [0, 0.1) is 6.92 Å². The fourth-order valence-corrected chi connectivity index (χ4v) is 2.64. The zero-order valence-corrected chi connectivity index (χ0v) is 13.2. The monoisotopic (exact) mass is 293 g/mol. The first kappa shape index (κ1) is 16.0. The van der Waals surface area contributed by atoms with E-state index < -0.39 is 0 Å². The van der Waals surface area contributed by atoms with Crippen molar-refractivity contribution in [2.75, 3.05) is 13.2 Å². The van der Waals surface area contributed by atoms with E-state index in [-0.39, 0.29) is 5.54 Å². The maximum absolute atomic E-state index is 6.45. The van der Waals surface area contributed by atoms with Crippen LogP contribution in [0.5, 0.6) is 11.9 Å². The Hall–Kier alpha value is -1.36. The van der Waals surface area contributed by atoms with E-state index in [0.717, 1.165) is 25.0 Å². The molecule has 2 rings (SSSR count). The molecule has 0 aliphatic heterocycles. The molecular weight excluding hydrogens is 266 g/mol. The van der Waals surface area contributed by atoms with Gasteiger partial charge in [0.1, 0.15) is 6.61 Å². The summed E-state index contributed by atoms with van der Waals surface area (Å²) >= 11 is 0. The number of hydrogen-bond acceptors (Lipinski definition) is 5. The third-order valence-corrected chi connectivity index (χ3v) is 3.85. The molecule has 21 heavy (non-hydrogen) atoms. The Balaban J connectivity index is 1.96. The number of aryl methyl sites for hydroxylation is 1. The second-order valence-electron chi connectivity index (χ2n) is 6.04. The minimum atomic E-state index is -0.242. The Bertz CT molecular complexity index is 443. The van der Waals surface area contributed by atoms with E-state index in [2.05, 4.69) is 16.9 Å². The maximum atomic E-state index is 6.45. The molecule has 0 unspecified atom stereocenters. The molecule has 1 fully saturated rings. The molecule has 0 aromatic carbocycles.